The minimum Gasteiger partial charge on any atom is -0.299 e. The van der Waals surface area contributed by atoms with Crippen molar-refractivity contribution in [2.75, 3.05) is 0 Å². The molecule has 72 valence electrons. The maximum Gasteiger partial charge on any atom is 0.135 e. The quantitative estimate of drug-likeness (QED) is 0.556. The number of carbonyl (C=O) groups is 1. The van der Waals surface area contributed by atoms with Gasteiger partial charge in [0, 0.05) is 5.41 Å². The normalized spacial score (nSPS) is 17.8. The Hall–Kier alpha value is -0.850. The highest BCUT2D eigenvalue weighted by Crippen LogP contribution is 2.39. The van der Waals surface area contributed by atoms with Crippen molar-refractivity contribution in [2.24, 2.45) is 5.41 Å². The van der Waals surface area contributed by atoms with Crippen LogP contribution in [0.2, 0.25) is 0 Å². The predicted octanol–water partition coefficient (Wildman–Crippen LogP) is 3.27. The first-order valence-corrected chi connectivity index (χ1v) is 4.80. The van der Waals surface area contributed by atoms with E-state index in [1.165, 1.54) is 12.8 Å². The molecule has 0 amide bonds. The zero-order valence-electron chi connectivity index (χ0n) is 8.98. The topological polar surface area (TPSA) is 17.1 Å². The Morgan fingerprint density at radius 2 is 1.92 bits per heavy atom. The van der Waals surface area contributed by atoms with Gasteiger partial charge in [-0.2, -0.15) is 0 Å². The average molecular weight is 178 g/mol. The molecule has 0 bridgehead atoms. The van der Waals surface area contributed by atoms with E-state index in [4.69, 9.17) is 0 Å². The molecule has 1 nitrogen and oxygen atoms in total. The summed E-state index contributed by atoms with van der Waals surface area (Å²) in [5.41, 5.74) is 3.14. The molecular formula is C12H18O. The Labute approximate surface area is 80.5 Å². The summed E-state index contributed by atoms with van der Waals surface area (Å²) in [4.78, 5) is 10.5. The van der Waals surface area contributed by atoms with Gasteiger partial charge in [-0.05, 0) is 25.3 Å². The Kier molecular flexibility index (Phi) is 2.74. The van der Waals surface area contributed by atoms with Crippen LogP contribution in [0.5, 0.6) is 0 Å². The fourth-order valence-electron chi connectivity index (χ4n) is 0.909. The molecule has 2 aliphatic carbocycles. The highest BCUT2D eigenvalue weighted by Gasteiger charge is 2.20. The van der Waals surface area contributed by atoms with Crippen LogP contribution in [0, 0.1) is 5.41 Å². The molecule has 13 heavy (non-hydrogen) atoms. The summed E-state index contributed by atoms with van der Waals surface area (Å²) < 4.78 is 0. The molecule has 1 heteroatoms. The van der Waals surface area contributed by atoms with E-state index >= 15 is 0 Å². The van der Waals surface area contributed by atoms with Crippen LogP contribution in [-0.2, 0) is 4.79 Å². The number of hydrogen-bond donors (Lipinski definition) is 0. The third-order valence-electron chi connectivity index (χ3n) is 2.47. The monoisotopic (exact) mass is 178 g/mol. The van der Waals surface area contributed by atoms with Gasteiger partial charge in [0.05, 0.1) is 0 Å². The maximum atomic E-state index is 10.5. The lowest BCUT2D eigenvalue weighted by Crippen LogP contribution is -2.15. The fourth-order valence-corrected chi connectivity index (χ4v) is 0.909. The van der Waals surface area contributed by atoms with Gasteiger partial charge in [0.15, 0.2) is 0 Å². The van der Waals surface area contributed by atoms with Crippen molar-refractivity contribution in [3.05, 3.63) is 23.3 Å². The summed E-state index contributed by atoms with van der Waals surface area (Å²) in [5, 5.41) is 0. The lowest BCUT2D eigenvalue weighted by Gasteiger charge is -2.11. The number of ketones is 1. The van der Waals surface area contributed by atoms with Crippen LogP contribution in [0.1, 0.15) is 40.5 Å². The van der Waals surface area contributed by atoms with Gasteiger partial charge in [0.1, 0.15) is 5.78 Å². The maximum absolute atomic E-state index is 10.5. The van der Waals surface area contributed by atoms with Gasteiger partial charge in [-0.3, -0.25) is 4.79 Å². The summed E-state index contributed by atoms with van der Waals surface area (Å²) in [6.07, 6.45) is 7.05. The van der Waals surface area contributed by atoms with Gasteiger partial charge in [-0.25, -0.2) is 0 Å². The molecule has 0 saturated heterocycles. The minimum atomic E-state index is -0.139. The van der Waals surface area contributed by atoms with E-state index in [2.05, 4.69) is 12.2 Å². The Balaban J connectivity index is 0.000000130. The second-order valence-electron chi connectivity index (χ2n) is 4.72. The van der Waals surface area contributed by atoms with Gasteiger partial charge in [0.25, 0.3) is 0 Å². The van der Waals surface area contributed by atoms with Gasteiger partial charge in [-0.1, -0.05) is 38.5 Å². The summed E-state index contributed by atoms with van der Waals surface area (Å²) in [7, 11) is 0. The molecule has 0 aromatic rings. The van der Waals surface area contributed by atoms with E-state index in [-0.39, 0.29) is 11.2 Å². The number of carbonyl (C=O) groups excluding carboxylic acids is 1. The van der Waals surface area contributed by atoms with Crippen molar-refractivity contribution in [3.63, 3.8) is 0 Å². The first-order valence-electron chi connectivity index (χ1n) is 4.80. The molecule has 0 radical (unpaired) electrons. The summed E-state index contributed by atoms with van der Waals surface area (Å²) >= 11 is 0. The van der Waals surface area contributed by atoms with Crippen molar-refractivity contribution in [3.8, 4) is 0 Å². The van der Waals surface area contributed by atoms with Crippen molar-refractivity contribution in [2.45, 2.75) is 40.5 Å². The second kappa shape index (κ2) is 3.49. The fraction of sp³-hybridized carbons (Fsp3) is 0.583. The van der Waals surface area contributed by atoms with Crippen LogP contribution < -0.4 is 0 Å². The zero-order chi connectivity index (χ0) is 10.1. The van der Waals surface area contributed by atoms with Crippen molar-refractivity contribution < 1.29 is 4.79 Å². The van der Waals surface area contributed by atoms with Crippen LogP contribution >= 0.6 is 0 Å². The van der Waals surface area contributed by atoms with Gasteiger partial charge in [0.2, 0.25) is 0 Å². The van der Waals surface area contributed by atoms with E-state index < -0.39 is 0 Å². The highest BCUT2D eigenvalue weighted by atomic mass is 16.1. The van der Waals surface area contributed by atoms with Crippen molar-refractivity contribution in [1.82, 2.24) is 0 Å². The molecule has 0 N–H and O–H groups in total. The van der Waals surface area contributed by atoms with Gasteiger partial charge in [-0.15, -0.1) is 0 Å². The third-order valence-corrected chi connectivity index (χ3v) is 2.47. The molecule has 0 unspecified atom stereocenters. The first-order chi connectivity index (χ1) is 5.91. The Morgan fingerprint density at radius 3 is 2.00 bits per heavy atom. The van der Waals surface area contributed by atoms with E-state index in [1.54, 1.807) is 18.1 Å². The summed E-state index contributed by atoms with van der Waals surface area (Å²) in [6.45, 7) is 7.35. The van der Waals surface area contributed by atoms with E-state index in [0.717, 1.165) is 0 Å². The number of hydrogen-bond acceptors (Lipinski definition) is 1. The molecule has 0 heterocycles. The van der Waals surface area contributed by atoms with E-state index in [1.807, 2.05) is 20.8 Å². The largest absolute Gasteiger partial charge is 0.299 e. The molecule has 2 rings (SSSR count). The lowest BCUT2D eigenvalue weighted by molar-refractivity contribution is -0.124. The van der Waals surface area contributed by atoms with E-state index in [0.29, 0.717) is 0 Å². The molecule has 0 aromatic carbocycles. The zero-order valence-corrected chi connectivity index (χ0v) is 8.98. The SMILES string of the molecule is C1=CC2=C(C1)C2.CC(=O)C(C)(C)C. The molecule has 0 aliphatic heterocycles. The Bertz CT molecular complexity index is 274. The predicted molar refractivity (Wildman–Crippen MR) is 55.5 cm³/mol. The van der Waals surface area contributed by atoms with Crippen LogP contribution in [0.4, 0.5) is 0 Å². The molecule has 0 atom stereocenters. The standard InChI is InChI=1S/C6H12O.C6H6/c1-5(7)6(2,3)4;1-2-5-4-6(5)3-1/h1-4H3;1-2H,3-4H2. The summed E-state index contributed by atoms with van der Waals surface area (Å²) in [5.74, 6) is 0.243. The third kappa shape index (κ3) is 3.17. The first kappa shape index (κ1) is 10.2. The molecule has 0 saturated carbocycles. The van der Waals surface area contributed by atoms with Crippen LogP contribution in [0.15, 0.2) is 23.3 Å². The number of allylic oxidation sites excluding steroid dienone is 4. The van der Waals surface area contributed by atoms with Crippen molar-refractivity contribution in [1.29, 1.82) is 0 Å². The van der Waals surface area contributed by atoms with E-state index in [9.17, 15) is 4.79 Å². The Morgan fingerprint density at radius 1 is 1.38 bits per heavy atom. The molecular weight excluding hydrogens is 160 g/mol. The molecule has 0 fully saturated rings. The highest BCUT2D eigenvalue weighted by molar-refractivity contribution is 5.80. The number of rotatable bonds is 0. The van der Waals surface area contributed by atoms with Crippen molar-refractivity contribution >= 4 is 5.78 Å². The van der Waals surface area contributed by atoms with Gasteiger partial charge < -0.3 is 0 Å². The van der Waals surface area contributed by atoms with Crippen LogP contribution in [0.25, 0.3) is 0 Å². The van der Waals surface area contributed by atoms with Crippen LogP contribution in [-0.4, -0.2) is 5.78 Å². The smallest absolute Gasteiger partial charge is 0.135 e. The summed E-state index contributed by atoms with van der Waals surface area (Å²) in [6, 6.07) is 0. The minimum absolute atomic E-state index is 0.139. The second-order valence-corrected chi connectivity index (χ2v) is 4.72. The molecule has 2 aliphatic rings. The number of Topliss-reactive ketones (excluding diaryl/α,β-unsaturated/α-hetero) is 1. The molecule has 0 aromatic heterocycles. The van der Waals surface area contributed by atoms with Crippen LogP contribution in [0.3, 0.4) is 0 Å². The lowest BCUT2D eigenvalue weighted by atomic mass is 9.92. The average Bonchev–Trinajstić information content (AvgIpc) is 2.59. The van der Waals surface area contributed by atoms with Gasteiger partial charge >= 0.3 is 0 Å². The molecule has 0 spiro atoms.